The summed E-state index contributed by atoms with van der Waals surface area (Å²) < 4.78 is 2.19. The monoisotopic (exact) mass is 633 g/mol. The summed E-state index contributed by atoms with van der Waals surface area (Å²) in [6.45, 7) is 0. The third-order valence-corrected chi connectivity index (χ3v) is 9.47. The number of pyridine rings is 1. The summed E-state index contributed by atoms with van der Waals surface area (Å²) >= 11 is 0. The van der Waals surface area contributed by atoms with Crippen molar-refractivity contribution in [2.24, 2.45) is 0 Å². The van der Waals surface area contributed by atoms with Crippen LogP contribution in [-0.4, -0.2) is 37.6 Å². The Morgan fingerprint density at radius 2 is 1.02 bits per heavy atom. The highest BCUT2D eigenvalue weighted by molar-refractivity contribution is 6.20. The molecule has 0 aliphatic heterocycles. The van der Waals surface area contributed by atoms with E-state index in [2.05, 4.69) is 170 Å². The zero-order chi connectivity index (χ0) is 33.6. The Balaban J connectivity index is 1.37. The first kappa shape index (κ1) is 30.0. The van der Waals surface area contributed by atoms with E-state index < -0.39 is 0 Å². The molecule has 0 fully saturated rings. The molecule has 5 heteroatoms. The summed E-state index contributed by atoms with van der Waals surface area (Å²) in [6.07, 6.45) is 2.09. The number of anilines is 2. The van der Waals surface area contributed by atoms with Gasteiger partial charge < -0.3 is 9.80 Å². The fourth-order valence-electron chi connectivity index (χ4n) is 6.85. The van der Waals surface area contributed by atoms with Crippen molar-refractivity contribution in [3.05, 3.63) is 145 Å². The van der Waals surface area contributed by atoms with Crippen LogP contribution in [-0.2, 0) is 0 Å². The maximum atomic E-state index is 10.00. The number of imidazole rings is 1. The van der Waals surface area contributed by atoms with E-state index in [0.29, 0.717) is 5.56 Å². The minimum Gasteiger partial charge on any atom is -0.378 e. The number of nitrogens with zero attached hydrogens (tertiary/aromatic N) is 5. The number of hydrogen-bond donors (Lipinski definition) is 0. The summed E-state index contributed by atoms with van der Waals surface area (Å²) in [6, 6.07) is 49.4. The molecule has 8 rings (SSSR count). The van der Waals surface area contributed by atoms with Crippen LogP contribution in [0.2, 0.25) is 0 Å². The predicted molar refractivity (Wildman–Crippen MR) is 205 cm³/mol. The topological polar surface area (TPSA) is 47.6 Å². The molecule has 0 bridgehead atoms. The van der Waals surface area contributed by atoms with Gasteiger partial charge in [-0.2, -0.15) is 5.26 Å². The number of nitriles is 1. The van der Waals surface area contributed by atoms with E-state index in [4.69, 9.17) is 4.98 Å². The van der Waals surface area contributed by atoms with Crippen molar-refractivity contribution in [3.63, 3.8) is 0 Å². The zero-order valence-corrected chi connectivity index (χ0v) is 28.0. The Kier molecular flexibility index (Phi) is 7.35. The summed E-state index contributed by atoms with van der Waals surface area (Å²) in [5.41, 5.74) is 14.8. The third kappa shape index (κ3) is 5.24. The van der Waals surface area contributed by atoms with Crippen molar-refractivity contribution in [3.8, 4) is 50.6 Å². The van der Waals surface area contributed by atoms with Gasteiger partial charge in [0.15, 0.2) is 0 Å². The maximum Gasteiger partial charge on any atom is 0.137 e. The van der Waals surface area contributed by atoms with Gasteiger partial charge in [-0.1, -0.05) is 84.9 Å². The van der Waals surface area contributed by atoms with Crippen molar-refractivity contribution in [1.82, 2.24) is 9.38 Å². The first-order chi connectivity index (χ1) is 23.9. The lowest BCUT2D eigenvalue weighted by molar-refractivity contribution is 1.13. The number of hydrogen-bond acceptors (Lipinski definition) is 4. The molecule has 0 unspecified atom stereocenters. The molecule has 0 aliphatic rings. The van der Waals surface area contributed by atoms with Gasteiger partial charge in [-0.05, 0) is 92.9 Å². The van der Waals surface area contributed by atoms with Crippen molar-refractivity contribution in [2.75, 3.05) is 38.0 Å². The van der Waals surface area contributed by atoms with E-state index in [0.717, 1.165) is 60.8 Å². The van der Waals surface area contributed by atoms with Crippen LogP contribution in [0.3, 0.4) is 0 Å². The number of aromatic nitrogens is 2. The molecule has 49 heavy (non-hydrogen) atoms. The third-order valence-electron chi connectivity index (χ3n) is 9.47. The highest BCUT2D eigenvalue weighted by Crippen LogP contribution is 2.45. The normalized spacial score (nSPS) is 11.2. The van der Waals surface area contributed by atoms with Crippen LogP contribution < -0.4 is 9.80 Å². The molecule has 8 aromatic rings. The first-order valence-electron chi connectivity index (χ1n) is 16.4. The molecule has 2 aromatic heterocycles. The van der Waals surface area contributed by atoms with Crippen molar-refractivity contribution in [2.45, 2.75) is 0 Å². The standard InChI is InChI=1S/C44H35N5/c1-47(2)36-21-17-32(18-22-36)30-9-13-34(14-10-30)41-39-27-29(28-45)8-25-38(39)43-44(49-26-6-5-7-40(49)46-43)42(41)35-15-11-31(12-16-35)33-19-23-37(24-20-33)48(3)4/h5-27H,1-4H3. The minimum atomic E-state index is 0.622. The van der Waals surface area contributed by atoms with Crippen LogP contribution in [0.25, 0.3) is 72.0 Å². The quantitative estimate of drug-likeness (QED) is 0.183. The van der Waals surface area contributed by atoms with Crippen LogP contribution in [0.15, 0.2) is 140 Å². The van der Waals surface area contributed by atoms with Gasteiger partial charge in [-0.3, -0.25) is 4.40 Å². The van der Waals surface area contributed by atoms with Gasteiger partial charge in [0.2, 0.25) is 0 Å². The van der Waals surface area contributed by atoms with Crippen LogP contribution in [0.4, 0.5) is 11.4 Å². The second-order valence-corrected chi connectivity index (χ2v) is 12.9. The molecular weight excluding hydrogens is 599 g/mol. The first-order valence-corrected chi connectivity index (χ1v) is 16.4. The molecule has 0 saturated heterocycles. The SMILES string of the molecule is CN(C)c1ccc(-c2ccc(-c3c(-c4ccc(-c5ccc(N(C)C)cc5)cc4)c4c(nc5ccccn54)c4ccc(C#N)cc34)cc2)cc1. The second kappa shape index (κ2) is 12.0. The van der Waals surface area contributed by atoms with Crippen LogP contribution >= 0.6 is 0 Å². The Hall–Kier alpha value is -6.38. The Morgan fingerprint density at radius 1 is 0.531 bits per heavy atom. The summed E-state index contributed by atoms with van der Waals surface area (Å²) in [7, 11) is 8.23. The smallest absolute Gasteiger partial charge is 0.137 e. The lowest BCUT2D eigenvalue weighted by Crippen LogP contribution is -2.07. The molecule has 0 radical (unpaired) electrons. The average molecular weight is 634 g/mol. The fraction of sp³-hybridized carbons (Fsp3) is 0.0909. The molecule has 0 amide bonds. The summed E-state index contributed by atoms with van der Waals surface area (Å²) in [4.78, 5) is 9.37. The highest BCUT2D eigenvalue weighted by Gasteiger charge is 2.22. The molecular formula is C44H35N5. The lowest BCUT2D eigenvalue weighted by atomic mass is 9.86. The number of fused-ring (bicyclic) bond motifs is 5. The maximum absolute atomic E-state index is 10.00. The van der Waals surface area contributed by atoms with Gasteiger partial charge in [0.25, 0.3) is 0 Å². The van der Waals surface area contributed by atoms with Gasteiger partial charge in [0.1, 0.15) is 5.65 Å². The van der Waals surface area contributed by atoms with E-state index in [1.54, 1.807) is 0 Å². The highest BCUT2D eigenvalue weighted by atomic mass is 15.1. The van der Waals surface area contributed by atoms with E-state index in [-0.39, 0.29) is 0 Å². The Bertz CT molecular complexity index is 2520. The molecule has 236 valence electrons. The van der Waals surface area contributed by atoms with E-state index in [1.807, 2.05) is 18.2 Å². The van der Waals surface area contributed by atoms with Gasteiger partial charge in [-0.15, -0.1) is 0 Å². The molecule has 0 spiro atoms. The number of rotatable bonds is 6. The molecule has 0 N–H and O–H groups in total. The van der Waals surface area contributed by atoms with Crippen LogP contribution in [0.1, 0.15) is 5.56 Å². The molecule has 0 atom stereocenters. The van der Waals surface area contributed by atoms with Crippen LogP contribution in [0.5, 0.6) is 0 Å². The molecule has 6 aromatic carbocycles. The lowest BCUT2D eigenvalue weighted by Gasteiger charge is -2.18. The van der Waals surface area contributed by atoms with Gasteiger partial charge in [0.05, 0.1) is 22.7 Å². The van der Waals surface area contributed by atoms with Crippen molar-refractivity contribution in [1.29, 1.82) is 5.26 Å². The van der Waals surface area contributed by atoms with E-state index in [9.17, 15) is 5.26 Å². The zero-order valence-electron chi connectivity index (χ0n) is 28.0. The number of benzene rings is 6. The van der Waals surface area contributed by atoms with Crippen LogP contribution in [0, 0.1) is 11.3 Å². The fourth-order valence-corrected chi connectivity index (χ4v) is 6.85. The van der Waals surface area contributed by atoms with Crippen molar-refractivity contribution >= 4 is 38.8 Å². The second-order valence-electron chi connectivity index (χ2n) is 12.9. The summed E-state index contributed by atoms with van der Waals surface area (Å²) in [5, 5.41) is 12.0. The largest absolute Gasteiger partial charge is 0.378 e. The Labute approximate surface area is 286 Å². The van der Waals surface area contributed by atoms with E-state index >= 15 is 0 Å². The summed E-state index contributed by atoms with van der Waals surface area (Å²) in [5.74, 6) is 0. The van der Waals surface area contributed by atoms with Gasteiger partial charge in [-0.25, -0.2) is 4.98 Å². The van der Waals surface area contributed by atoms with Gasteiger partial charge in [0, 0.05) is 56.7 Å². The molecule has 0 saturated carbocycles. The molecule has 0 aliphatic carbocycles. The molecule has 2 heterocycles. The van der Waals surface area contributed by atoms with Crippen molar-refractivity contribution < 1.29 is 0 Å². The predicted octanol–water partition coefficient (Wildman–Crippen LogP) is 10.3. The van der Waals surface area contributed by atoms with Gasteiger partial charge >= 0.3 is 0 Å². The minimum absolute atomic E-state index is 0.622. The van der Waals surface area contributed by atoms with E-state index in [1.165, 1.54) is 22.5 Å². The molecule has 5 nitrogen and oxygen atoms in total. The average Bonchev–Trinajstić information content (AvgIpc) is 3.54. The Morgan fingerprint density at radius 3 is 1.53 bits per heavy atom.